The number of hydrazone groups is 1. The van der Waals surface area contributed by atoms with Gasteiger partial charge in [0.15, 0.2) is 5.84 Å². The molecular weight excluding hydrogens is 110 g/mol. The van der Waals surface area contributed by atoms with Crippen LogP contribution in [0.3, 0.4) is 0 Å². The topological polar surface area (TPSA) is 29.7 Å². The Labute approximate surface area is 47.0 Å². The van der Waals surface area contributed by atoms with Gasteiger partial charge < -0.3 is 0 Å². The Hall–Kier alpha value is -0.380. The average Bonchev–Trinajstić information content (AvgIpc) is 1.87. The second-order valence-corrected chi connectivity index (χ2v) is 2.16. The van der Waals surface area contributed by atoms with Crippen molar-refractivity contribution in [3.63, 3.8) is 0 Å². The van der Waals surface area contributed by atoms with Gasteiger partial charge in [0.05, 0.1) is 0 Å². The van der Waals surface area contributed by atoms with Crippen LogP contribution in [-0.2, 0) is 0 Å². The van der Waals surface area contributed by atoms with Gasteiger partial charge in [0.1, 0.15) is 12.1 Å². The van der Waals surface area contributed by atoms with Crippen LogP contribution >= 0.6 is 12.1 Å². The molecule has 0 unspecified atom stereocenters. The highest BCUT2D eigenvalue weighted by molar-refractivity contribution is 7.95. The third-order valence-corrected chi connectivity index (χ3v) is 1.24. The fourth-order valence-corrected chi connectivity index (χ4v) is 0.786. The lowest BCUT2D eigenvalue weighted by molar-refractivity contribution is 0.627. The highest BCUT2D eigenvalue weighted by atomic mass is 32.2. The molecule has 0 aliphatic carbocycles. The second-order valence-electron chi connectivity index (χ2n) is 1.28. The number of rotatable bonds is 0. The minimum atomic E-state index is 0.840. The normalized spacial score (nSPS) is 19.1. The molecule has 1 radical (unpaired) electrons. The van der Waals surface area contributed by atoms with Crippen molar-refractivity contribution in [3.8, 4) is 0 Å². The van der Waals surface area contributed by atoms with Crippen molar-refractivity contribution in [2.75, 3.05) is 7.05 Å². The maximum Gasteiger partial charge on any atom is 0.156 e. The molecule has 0 saturated heterocycles. The van der Waals surface area contributed by atoms with Crippen LogP contribution in [0, 0.1) is 0 Å². The van der Waals surface area contributed by atoms with E-state index in [1.54, 1.807) is 4.41 Å². The molecule has 0 aromatic heterocycles. The van der Waals surface area contributed by atoms with E-state index in [0.29, 0.717) is 0 Å². The zero-order valence-electron chi connectivity index (χ0n) is 4.25. The van der Waals surface area contributed by atoms with Gasteiger partial charge in [-0.3, -0.25) is 0 Å². The van der Waals surface area contributed by atoms with Gasteiger partial charge in [-0.15, -0.1) is 5.10 Å². The van der Waals surface area contributed by atoms with Crippen LogP contribution in [0.4, 0.5) is 0 Å². The van der Waals surface area contributed by atoms with E-state index in [-0.39, 0.29) is 0 Å². The average molecular weight is 116 g/mol. The molecule has 7 heavy (non-hydrogen) atoms. The largest absolute Gasteiger partial charge is 0.220 e. The summed E-state index contributed by atoms with van der Waals surface area (Å²) in [5.74, 6) is 0.840. The first-order chi connectivity index (χ1) is 3.29. The number of hydrogen-bond acceptors (Lipinski definition) is 3. The van der Waals surface area contributed by atoms with Crippen LogP contribution in [-0.4, -0.2) is 17.3 Å². The summed E-state index contributed by atoms with van der Waals surface area (Å²) in [6.45, 7) is 1.87. The fraction of sp³-hybridized carbons (Fsp3) is 0.667. The van der Waals surface area contributed by atoms with Crippen LogP contribution in [0.1, 0.15) is 6.92 Å². The number of amidine groups is 1. The van der Waals surface area contributed by atoms with Crippen LogP contribution in [0.15, 0.2) is 5.10 Å². The maximum atomic E-state index is 3.94. The van der Waals surface area contributed by atoms with Crippen molar-refractivity contribution in [1.29, 1.82) is 0 Å². The van der Waals surface area contributed by atoms with E-state index in [9.17, 15) is 0 Å². The van der Waals surface area contributed by atoms with E-state index < -0.39 is 0 Å². The summed E-state index contributed by atoms with van der Waals surface area (Å²) < 4.78 is 5.63. The van der Waals surface area contributed by atoms with Gasteiger partial charge in [0, 0.05) is 7.05 Å². The lowest BCUT2D eigenvalue weighted by Gasteiger charge is -1.95. The molecule has 0 aromatic rings. The molecule has 4 heteroatoms. The third kappa shape index (κ3) is 0.991. The molecule has 1 aliphatic rings. The quantitative estimate of drug-likeness (QED) is 0.430. The lowest BCUT2D eigenvalue weighted by Crippen LogP contribution is -1.94. The van der Waals surface area contributed by atoms with E-state index in [2.05, 4.69) is 9.82 Å². The van der Waals surface area contributed by atoms with Crippen LogP contribution in [0.25, 0.3) is 0 Å². The molecule has 0 atom stereocenters. The Morgan fingerprint density at radius 1 is 1.71 bits per heavy atom. The van der Waals surface area contributed by atoms with E-state index >= 15 is 0 Å². The molecule has 1 aliphatic heterocycles. The minimum absolute atomic E-state index is 0.840. The summed E-state index contributed by atoms with van der Waals surface area (Å²) in [7, 11) is 1.87. The number of nitrogens with zero attached hydrogens (tertiary/aromatic N) is 3. The first-order valence-corrected chi connectivity index (χ1v) is 2.69. The summed E-state index contributed by atoms with van der Waals surface area (Å²) in [4.78, 5) is 0. The molecule has 0 N–H and O–H groups in total. The predicted molar refractivity (Wildman–Crippen MR) is 30.6 cm³/mol. The Morgan fingerprint density at radius 2 is 2.43 bits per heavy atom. The van der Waals surface area contributed by atoms with E-state index in [1.165, 1.54) is 12.1 Å². The summed E-state index contributed by atoms with van der Waals surface area (Å²) in [5.41, 5.74) is 0. The molecule has 0 bridgehead atoms. The molecule has 0 fully saturated rings. The molecule has 0 saturated carbocycles. The molecule has 1 heterocycles. The van der Waals surface area contributed by atoms with Crippen molar-refractivity contribution in [2.45, 2.75) is 6.92 Å². The molecule has 0 aromatic carbocycles. The lowest BCUT2D eigenvalue weighted by atomic mass is 10.7. The highest BCUT2D eigenvalue weighted by Crippen LogP contribution is 2.10. The molecule has 0 amide bonds. The van der Waals surface area contributed by atoms with Gasteiger partial charge in [-0.1, -0.05) is 0 Å². The first kappa shape index (κ1) is 4.77. The van der Waals surface area contributed by atoms with Gasteiger partial charge in [-0.25, -0.2) is 4.41 Å². The summed E-state index contributed by atoms with van der Waals surface area (Å²) >= 11 is 1.36. The Bertz CT molecular complexity index is 100. The molecule has 1 rings (SSSR count). The van der Waals surface area contributed by atoms with Crippen LogP contribution in [0.5, 0.6) is 0 Å². The van der Waals surface area contributed by atoms with Gasteiger partial charge in [0.2, 0.25) is 0 Å². The SMILES string of the molecule is CC1=NN(C)S[N]1. The molecular formula is C3H6N3S. The molecule has 0 spiro atoms. The second kappa shape index (κ2) is 1.61. The highest BCUT2D eigenvalue weighted by Gasteiger charge is 2.05. The first-order valence-electron chi connectivity index (χ1n) is 1.96. The summed E-state index contributed by atoms with van der Waals surface area (Å²) in [6, 6.07) is 0. The zero-order valence-corrected chi connectivity index (χ0v) is 5.07. The van der Waals surface area contributed by atoms with Crippen LogP contribution < -0.4 is 4.72 Å². The van der Waals surface area contributed by atoms with Gasteiger partial charge in [0.25, 0.3) is 0 Å². The molecule has 3 nitrogen and oxygen atoms in total. The van der Waals surface area contributed by atoms with Crippen molar-refractivity contribution < 1.29 is 0 Å². The fourth-order valence-electron chi connectivity index (χ4n) is 0.358. The van der Waals surface area contributed by atoms with E-state index in [4.69, 9.17) is 0 Å². The monoisotopic (exact) mass is 116 g/mol. The minimum Gasteiger partial charge on any atom is -0.220 e. The van der Waals surface area contributed by atoms with Gasteiger partial charge in [-0.2, -0.15) is 4.72 Å². The van der Waals surface area contributed by atoms with Crippen molar-refractivity contribution in [1.82, 2.24) is 9.14 Å². The summed E-state index contributed by atoms with van der Waals surface area (Å²) in [6.07, 6.45) is 0. The Balaban J connectivity index is 2.50. The predicted octanol–water partition coefficient (Wildman–Crippen LogP) is 0.433. The van der Waals surface area contributed by atoms with Gasteiger partial charge >= 0.3 is 0 Å². The maximum absolute atomic E-state index is 3.94. The third-order valence-electron chi connectivity index (χ3n) is 0.577. The van der Waals surface area contributed by atoms with Crippen molar-refractivity contribution in [3.05, 3.63) is 0 Å². The van der Waals surface area contributed by atoms with Crippen molar-refractivity contribution >= 4 is 18.0 Å². The van der Waals surface area contributed by atoms with Crippen LogP contribution in [0.2, 0.25) is 0 Å². The zero-order chi connectivity index (χ0) is 5.28. The van der Waals surface area contributed by atoms with Gasteiger partial charge in [-0.05, 0) is 6.92 Å². The van der Waals surface area contributed by atoms with E-state index in [1.807, 2.05) is 14.0 Å². The number of hydrogen-bond donors (Lipinski definition) is 0. The molecule has 39 valence electrons. The summed E-state index contributed by atoms with van der Waals surface area (Å²) in [5, 5.41) is 3.94. The van der Waals surface area contributed by atoms with Crippen molar-refractivity contribution in [2.24, 2.45) is 5.10 Å². The van der Waals surface area contributed by atoms with E-state index in [0.717, 1.165) is 5.84 Å². The smallest absolute Gasteiger partial charge is 0.156 e. The Kier molecular flexibility index (Phi) is 1.10. The standard InChI is InChI=1S/C3H6N3S/c1-3-4-6(2)7-5-3/h1-2H3. The Morgan fingerprint density at radius 3 is 2.57 bits per heavy atom.